The number of imidazole rings is 2. The number of aromatic amines is 2. The number of hydrogen-bond donors (Lipinski definition) is 6. The molecular formula is C40H50N8O6S2. The Labute approximate surface area is 337 Å². The highest BCUT2D eigenvalue weighted by Gasteiger charge is 2.42. The standard InChI is InChI=1S/C40H50N8O6S2/c1-21(2)33(45-39(51)53-5)37(49)47-19-27(55)15-31(47)35-41-17-29(43-35)25-11-7-23(8-12-25)24-9-13-26(14-10-24)30-18-42-36(44-30)32-16-28(56)20-48(32)38(50)34(22(3)4)46-40(52)54-6/h7-14,17-18,21-22,27-28,31-34,55-56H,15-16,19-20H2,1-6H3,(H,41,43)(H,42,44)(H,45,51)(H,46,52)/t27-,28-,31-,32-,33-,34-/m0/s1. The highest BCUT2D eigenvalue weighted by molar-refractivity contribution is 7.81. The predicted octanol–water partition coefficient (Wildman–Crippen LogP) is 6.04. The zero-order valence-corrected chi connectivity index (χ0v) is 34.1. The van der Waals surface area contributed by atoms with Gasteiger partial charge in [-0.25, -0.2) is 19.6 Å². The third kappa shape index (κ3) is 8.86. The summed E-state index contributed by atoms with van der Waals surface area (Å²) in [7, 11) is 2.55. The van der Waals surface area contributed by atoms with E-state index in [0.717, 1.165) is 33.6 Å². The minimum atomic E-state index is -0.736. The molecule has 14 nitrogen and oxygen atoms in total. The topological polar surface area (TPSA) is 175 Å². The van der Waals surface area contributed by atoms with Crippen molar-refractivity contribution in [3.8, 4) is 33.6 Å². The number of ether oxygens (including phenoxy) is 2. The van der Waals surface area contributed by atoms with Gasteiger partial charge in [0, 0.05) is 23.6 Å². The number of alkyl carbamates (subject to hydrolysis) is 2. The molecule has 0 saturated carbocycles. The van der Waals surface area contributed by atoms with E-state index in [1.807, 2.05) is 52.0 Å². The Morgan fingerprint density at radius 3 is 1.30 bits per heavy atom. The zero-order valence-electron chi connectivity index (χ0n) is 32.4. The van der Waals surface area contributed by atoms with Crippen molar-refractivity contribution in [2.75, 3.05) is 27.3 Å². The number of rotatable bonds is 11. The molecule has 4 aromatic rings. The predicted molar refractivity (Wildman–Crippen MR) is 219 cm³/mol. The molecular weight excluding hydrogens is 753 g/mol. The van der Waals surface area contributed by atoms with Crippen LogP contribution in [0, 0.1) is 11.8 Å². The number of aromatic nitrogens is 4. The van der Waals surface area contributed by atoms with Crippen LogP contribution in [-0.2, 0) is 19.1 Å². The van der Waals surface area contributed by atoms with E-state index in [-0.39, 0.29) is 46.2 Å². The van der Waals surface area contributed by atoms with Crippen molar-refractivity contribution in [1.29, 1.82) is 0 Å². The number of methoxy groups -OCH3 is 2. The fourth-order valence-corrected chi connectivity index (χ4v) is 8.13. The van der Waals surface area contributed by atoms with Crippen molar-refractivity contribution < 1.29 is 28.7 Å². The second-order valence-corrected chi connectivity index (χ2v) is 16.5. The van der Waals surface area contributed by atoms with Gasteiger partial charge in [-0.2, -0.15) is 25.3 Å². The molecule has 6 rings (SSSR count). The largest absolute Gasteiger partial charge is 0.453 e. The first-order chi connectivity index (χ1) is 26.8. The molecule has 6 atom stereocenters. The summed E-state index contributed by atoms with van der Waals surface area (Å²) in [4.78, 5) is 70.9. The van der Waals surface area contributed by atoms with Gasteiger partial charge in [0.2, 0.25) is 11.8 Å². The Hall–Kier alpha value is -4.96. The number of nitrogens with one attached hydrogen (secondary N) is 4. The van der Waals surface area contributed by atoms with E-state index in [1.54, 1.807) is 22.2 Å². The lowest BCUT2D eigenvalue weighted by Crippen LogP contribution is -2.51. The number of benzene rings is 2. The van der Waals surface area contributed by atoms with Gasteiger partial charge in [0.25, 0.3) is 0 Å². The second-order valence-electron chi connectivity index (χ2n) is 15.0. The summed E-state index contributed by atoms with van der Waals surface area (Å²) in [6.07, 6.45) is 3.51. The van der Waals surface area contributed by atoms with Crippen LogP contribution < -0.4 is 10.6 Å². The number of amides is 4. The van der Waals surface area contributed by atoms with Crippen LogP contribution in [0.1, 0.15) is 64.3 Å². The second kappa shape index (κ2) is 17.5. The van der Waals surface area contributed by atoms with Crippen LogP contribution in [0.4, 0.5) is 9.59 Å². The van der Waals surface area contributed by atoms with Crippen LogP contribution in [0.2, 0.25) is 0 Å². The maximum Gasteiger partial charge on any atom is 0.407 e. The molecule has 4 N–H and O–H groups in total. The lowest BCUT2D eigenvalue weighted by Gasteiger charge is -2.29. The van der Waals surface area contributed by atoms with Gasteiger partial charge in [0.05, 0.1) is 50.1 Å². The molecule has 0 radical (unpaired) electrons. The summed E-state index contributed by atoms with van der Waals surface area (Å²) in [6, 6.07) is 14.3. The highest BCUT2D eigenvalue weighted by Crippen LogP contribution is 2.37. The lowest BCUT2D eigenvalue weighted by atomic mass is 10.0. The summed E-state index contributed by atoms with van der Waals surface area (Å²) in [5.41, 5.74) is 5.62. The quantitative estimate of drug-likeness (QED) is 0.0997. The number of thiol groups is 2. The molecule has 0 bridgehead atoms. The molecule has 2 aromatic heterocycles. The van der Waals surface area contributed by atoms with E-state index >= 15 is 0 Å². The number of nitrogens with zero attached hydrogens (tertiary/aromatic N) is 4. The van der Waals surface area contributed by atoms with Crippen LogP contribution in [-0.4, -0.2) is 104 Å². The van der Waals surface area contributed by atoms with Gasteiger partial charge in [-0.15, -0.1) is 0 Å². The molecule has 4 amide bonds. The summed E-state index contributed by atoms with van der Waals surface area (Å²) in [6.45, 7) is 8.41. The summed E-state index contributed by atoms with van der Waals surface area (Å²) in [5.74, 6) is 0.659. The molecule has 4 heterocycles. The van der Waals surface area contributed by atoms with E-state index in [9.17, 15) is 19.2 Å². The van der Waals surface area contributed by atoms with E-state index < -0.39 is 24.3 Å². The normalized spacial score (nSPS) is 20.6. The van der Waals surface area contributed by atoms with Gasteiger partial charge < -0.3 is 39.9 Å². The van der Waals surface area contributed by atoms with Crippen LogP contribution >= 0.6 is 25.3 Å². The molecule has 2 aliphatic rings. The first-order valence-electron chi connectivity index (χ1n) is 18.7. The molecule has 0 aliphatic carbocycles. The van der Waals surface area contributed by atoms with Gasteiger partial charge in [-0.1, -0.05) is 76.2 Å². The van der Waals surface area contributed by atoms with Crippen molar-refractivity contribution in [3.63, 3.8) is 0 Å². The molecule has 2 saturated heterocycles. The van der Waals surface area contributed by atoms with Crippen LogP contribution in [0.15, 0.2) is 60.9 Å². The summed E-state index contributed by atoms with van der Waals surface area (Å²) in [5, 5.41) is 5.30. The molecule has 2 aliphatic heterocycles. The van der Waals surface area contributed by atoms with Crippen molar-refractivity contribution in [2.45, 2.75) is 75.2 Å². The first-order valence-corrected chi connectivity index (χ1v) is 19.8. The summed E-state index contributed by atoms with van der Waals surface area (Å²) >= 11 is 9.37. The fourth-order valence-electron chi connectivity index (χ4n) is 7.38. The fraction of sp³-hybridized carbons (Fsp3) is 0.450. The summed E-state index contributed by atoms with van der Waals surface area (Å²) < 4.78 is 9.51. The smallest absolute Gasteiger partial charge is 0.407 e. The minimum Gasteiger partial charge on any atom is -0.453 e. The number of H-pyrrole nitrogens is 2. The van der Waals surface area contributed by atoms with Gasteiger partial charge in [0.1, 0.15) is 23.7 Å². The lowest BCUT2D eigenvalue weighted by molar-refractivity contribution is -0.136. The molecule has 0 unspecified atom stereocenters. The minimum absolute atomic E-state index is 0.0283. The molecule has 298 valence electrons. The number of hydrogen-bond acceptors (Lipinski definition) is 10. The van der Waals surface area contributed by atoms with E-state index in [1.165, 1.54) is 14.2 Å². The average molecular weight is 803 g/mol. The maximum atomic E-state index is 13.6. The third-order valence-electron chi connectivity index (χ3n) is 10.5. The Morgan fingerprint density at radius 2 is 0.982 bits per heavy atom. The van der Waals surface area contributed by atoms with Crippen LogP contribution in [0.25, 0.3) is 33.6 Å². The number of carbonyl (C=O) groups excluding carboxylic acids is 4. The maximum absolute atomic E-state index is 13.6. The van der Waals surface area contributed by atoms with Crippen molar-refractivity contribution in [3.05, 3.63) is 72.6 Å². The Bertz CT molecular complexity index is 1870. The SMILES string of the molecule is COC(=O)N[C@H](C(=O)N1C[C@@H](S)C[C@H]1c1ncc(-c2ccc(-c3ccc(-c4cnc([C@@H]5C[C@H](S)CN5C(=O)[C@@H](NC(=O)OC)C(C)C)[nH]4)cc3)cc2)[nH]1)C(C)C. The molecule has 2 fully saturated rings. The highest BCUT2D eigenvalue weighted by atomic mass is 32.1. The molecule has 16 heteroatoms. The van der Waals surface area contributed by atoms with Gasteiger partial charge in [-0.3, -0.25) is 9.59 Å². The van der Waals surface area contributed by atoms with Crippen molar-refractivity contribution in [1.82, 2.24) is 40.4 Å². The molecule has 0 spiro atoms. The average Bonchev–Trinajstić information content (AvgIpc) is 4.02. The van der Waals surface area contributed by atoms with E-state index in [0.29, 0.717) is 37.6 Å². The van der Waals surface area contributed by atoms with Gasteiger partial charge in [-0.05, 0) is 46.9 Å². The van der Waals surface area contributed by atoms with Gasteiger partial charge >= 0.3 is 12.2 Å². The van der Waals surface area contributed by atoms with Crippen molar-refractivity contribution in [2.24, 2.45) is 11.8 Å². The van der Waals surface area contributed by atoms with Crippen LogP contribution in [0.5, 0.6) is 0 Å². The third-order valence-corrected chi connectivity index (χ3v) is 11.2. The van der Waals surface area contributed by atoms with E-state index in [2.05, 4.69) is 80.1 Å². The number of likely N-dealkylation sites (tertiary alicyclic amines) is 2. The molecule has 56 heavy (non-hydrogen) atoms. The van der Waals surface area contributed by atoms with Crippen molar-refractivity contribution >= 4 is 49.3 Å². The molecule has 2 aromatic carbocycles. The first kappa shape index (κ1) is 40.7. The monoisotopic (exact) mass is 802 g/mol. The van der Waals surface area contributed by atoms with E-state index in [4.69, 9.17) is 9.47 Å². The number of carbonyl (C=O) groups is 4. The Morgan fingerprint density at radius 1 is 0.643 bits per heavy atom. The Balaban J connectivity index is 1.13. The van der Waals surface area contributed by atoms with Crippen LogP contribution in [0.3, 0.4) is 0 Å². The zero-order chi connectivity index (χ0) is 40.3. The Kier molecular flexibility index (Phi) is 12.7. The van der Waals surface area contributed by atoms with Gasteiger partial charge in [0.15, 0.2) is 0 Å².